The van der Waals surface area contributed by atoms with Gasteiger partial charge in [0.2, 0.25) is 0 Å². The van der Waals surface area contributed by atoms with Gasteiger partial charge in [0.1, 0.15) is 5.82 Å². The van der Waals surface area contributed by atoms with Gasteiger partial charge in [-0.2, -0.15) is 0 Å². The van der Waals surface area contributed by atoms with Crippen molar-refractivity contribution in [1.82, 2.24) is 10.2 Å². The second kappa shape index (κ2) is 7.79. The largest absolute Gasteiger partial charge is 0.341 e. The van der Waals surface area contributed by atoms with Gasteiger partial charge in [0.15, 0.2) is 0 Å². The molecule has 1 fully saturated rings. The molecule has 2 aromatic carbocycles. The summed E-state index contributed by atoms with van der Waals surface area (Å²) in [5.41, 5.74) is 3.47. The van der Waals surface area contributed by atoms with E-state index in [1.807, 2.05) is 38.2 Å². The van der Waals surface area contributed by atoms with Crippen molar-refractivity contribution in [1.29, 1.82) is 0 Å². The summed E-state index contributed by atoms with van der Waals surface area (Å²) >= 11 is 0. The molecule has 132 valence electrons. The quantitative estimate of drug-likeness (QED) is 0.916. The predicted molar refractivity (Wildman–Crippen MR) is 99.1 cm³/mol. The molecule has 3 nitrogen and oxygen atoms in total. The molecule has 0 radical (unpaired) electrons. The van der Waals surface area contributed by atoms with Crippen molar-refractivity contribution in [3.63, 3.8) is 0 Å². The zero-order valence-electron chi connectivity index (χ0n) is 14.9. The van der Waals surface area contributed by atoms with Crippen LogP contribution in [0.3, 0.4) is 0 Å². The summed E-state index contributed by atoms with van der Waals surface area (Å²) in [4.78, 5) is 14.4. The van der Waals surface area contributed by atoms with Crippen LogP contribution in [0.5, 0.6) is 0 Å². The number of nitrogens with zero attached hydrogens (tertiary/aromatic N) is 1. The summed E-state index contributed by atoms with van der Waals surface area (Å²) in [6.07, 6.45) is 2.34. The lowest BCUT2D eigenvalue weighted by Crippen LogP contribution is -2.39. The van der Waals surface area contributed by atoms with E-state index in [0.29, 0.717) is 11.5 Å². The molecule has 0 saturated carbocycles. The SMILES string of the molecule is Cc1ccc(F)cc1-c1ccc(C(=O)N(C)CC2CCCNC2)cc1. The Morgan fingerprint density at radius 1 is 1.24 bits per heavy atom. The number of hydrogen-bond donors (Lipinski definition) is 1. The van der Waals surface area contributed by atoms with Gasteiger partial charge in [-0.3, -0.25) is 4.79 Å². The number of rotatable bonds is 4. The van der Waals surface area contributed by atoms with Crippen molar-refractivity contribution >= 4 is 5.91 Å². The van der Waals surface area contributed by atoms with Gasteiger partial charge in [-0.05, 0) is 79.7 Å². The monoisotopic (exact) mass is 340 g/mol. The lowest BCUT2D eigenvalue weighted by atomic mass is 9.98. The van der Waals surface area contributed by atoms with Crippen molar-refractivity contribution in [2.24, 2.45) is 5.92 Å². The minimum Gasteiger partial charge on any atom is -0.341 e. The van der Waals surface area contributed by atoms with E-state index in [-0.39, 0.29) is 11.7 Å². The molecule has 1 saturated heterocycles. The molecule has 1 amide bonds. The van der Waals surface area contributed by atoms with Gasteiger partial charge in [-0.1, -0.05) is 18.2 Å². The Bertz CT molecular complexity index is 736. The molecule has 2 aromatic rings. The molecule has 0 bridgehead atoms. The highest BCUT2D eigenvalue weighted by Crippen LogP contribution is 2.25. The van der Waals surface area contributed by atoms with Crippen molar-refractivity contribution in [3.05, 3.63) is 59.4 Å². The summed E-state index contributed by atoms with van der Waals surface area (Å²) in [7, 11) is 1.86. The van der Waals surface area contributed by atoms with Crippen LogP contribution in [-0.2, 0) is 0 Å². The van der Waals surface area contributed by atoms with E-state index in [1.54, 1.807) is 11.0 Å². The molecule has 0 spiro atoms. The first-order valence-electron chi connectivity index (χ1n) is 8.87. The van der Waals surface area contributed by atoms with Crippen molar-refractivity contribution in [2.75, 3.05) is 26.7 Å². The van der Waals surface area contributed by atoms with Gasteiger partial charge in [0, 0.05) is 19.2 Å². The molecular formula is C21H25FN2O. The highest BCUT2D eigenvalue weighted by Gasteiger charge is 2.19. The molecule has 0 aliphatic carbocycles. The number of halogens is 1. The minimum absolute atomic E-state index is 0.0353. The zero-order chi connectivity index (χ0) is 17.8. The number of benzene rings is 2. The Kier molecular flexibility index (Phi) is 5.49. The first-order valence-corrected chi connectivity index (χ1v) is 8.87. The first-order chi connectivity index (χ1) is 12.0. The van der Waals surface area contributed by atoms with Crippen LogP contribution < -0.4 is 5.32 Å². The maximum atomic E-state index is 13.5. The molecule has 0 aromatic heterocycles. The smallest absolute Gasteiger partial charge is 0.253 e. The van der Waals surface area contributed by atoms with Gasteiger partial charge < -0.3 is 10.2 Å². The van der Waals surface area contributed by atoms with Gasteiger partial charge in [-0.25, -0.2) is 4.39 Å². The molecule has 1 aliphatic rings. The third-order valence-electron chi connectivity index (χ3n) is 4.92. The van der Waals surface area contributed by atoms with Crippen LogP contribution in [-0.4, -0.2) is 37.5 Å². The topological polar surface area (TPSA) is 32.3 Å². The van der Waals surface area contributed by atoms with Crippen LogP contribution in [0.4, 0.5) is 4.39 Å². The number of nitrogens with one attached hydrogen (secondary N) is 1. The van der Waals surface area contributed by atoms with Crippen LogP contribution in [0.15, 0.2) is 42.5 Å². The fourth-order valence-electron chi connectivity index (χ4n) is 3.47. The number of carbonyl (C=O) groups is 1. The van der Waals surface area contributed by atoms with Gasteiger partial charge in [-0.15, -0.1) is 0 Å². The Balaban J connectivity index is 1.70. The van der Waals surface area contributed by atoms with Crippen LogP contribution >= 0.6 is 0 Å². The summed E-state index contributed by atoms with van der Waals surface area (Å²) in [6, 6.07) is 12.2. The molecule has 3 rings (SSSR count). The molecular weight excluding hydrogens is 315 g/mol. The molecule has 4 heteroatoms. The molecule has 1 aliphatic heterocycles. The molecule has 1 N–H and O–H groups in total. The number of carbonyl (C=O) groups excluding carboxylic acids is 1. The lowest BCUT2D eigenvalue weighted by Gasteiger charge is -2.27. The number of hydrogen-bond acceptors (Lipinski definition) is 2. The van der Waals surface area contributed by atoms with E-state index in [4.69, 9.17) is 0 Å². The van der Waals surface area contributed by atoms with Crippen LogP contribution in [0.25, 0.3) is 11.1 Å². The summed E-state index contributed by atoms with van der Waals surface area (Å²) in [6.45, 7) is 4.79. The second-order valence-electron chi connectivity index (χ2n) is 6.93. The highest BCUT2D eigenvalue weighted by atomic mass is 19.1. The Labute approximate surface area is 148 Å². The maximum Gasteiger partial charge on any atom is 0.253 e. The number of aryl methyl sites for hydroxylation is 1. The summed E-state index contributed by atoms with van der Waals surface area (Å²) < 4.78 is 13.5. The lowest BCUT2D eigenvalue weighted by molar-refractivity contribution is 0.0765. The first kappa shape index (κ1) is 17.6. The Morgan fingerprint density at radius 2 is 2.00 bits per heavy atom. The third-order valence-corrected chi connectivity index (χ3v) is 4.92. The molecule has 25 heavy (non-hydrogen) atoms. The van der Waals surface area contributed by atoms with Crippen LogP contribution in [0.2, 0.25) is 0 Å². The van der Waals surface area contributed by atoms with Crippen LogP contribution in [0.1, 0.15) is 28.8 Å². The van der Waals surface area contributed by atoms with Gasteiger partial charge in [0.05, 0.1) is 0 Å². The van der Waals surface area contributed by atoms with Gasteiger partial charge >= 0.3 is 0 Å². The minimum atomic E-state index is -0.249. The van der Waals surface area contributed by atoms with E-state index in [2.05, 4.69) is 5.32 Å². The standard InChI is InChI=1S/C21H25FN2O/c1-15-5-10-19(22)12-20(15)17-6-8-18(9-7-17)21(25)24(2)14-16-4-3-11-23-13-16/h5-10,12,16,23H,3-4,11,13-14H2,1-2H3. The zero-order valence-corrected chi connectivity index (χ0v) is 14.9. The normalized spacial score (nSPS) is 17.3. The summed E-state index contributed by atoms with van der Waals surface area (Å²) in [5.74, 6) is 0.312. The molecule has 1 unspecified atom stereocenters. The van der Waals surface area contributed by atoms with Crippen molar-refractivity contribution in [3.8, 4) is 11.1 Å². The molecule has 1 heterocycles. The fraction of sp³-hybridized carbons (Fsp3) is 0.381. The van der Waals surface area contributed by atoms with E-state index >= 15 is 0 Å². The van der Waals surface area contributed by atoms with Crippen molar-refractivity contribution in [2.45, 2.75) is 19.8 Å². The highest BCUT2D eigenvalue weighted by molar-refractivity contribution is 5.94. The van der Waals surface area contributed by atoms with E-state index < -0.39 is 0 Å². The number of amides is 1. The fourth-order valence-corrected chi connectivity index (χ4v) is 3.47. The van der Waals surface area contributed by atoms with Crippen LogP contribution in [0, 0.1) is 18.7 Å². The van der Waals surface area contributed by atoms with E-state index in [1.165, 1.54) is 25.0 Å². The van der Waals surface area contributed by atoms with E-state index in [0.717, 1.165) is 36.3 Å². The van der Waals surface area contributed by atoms with E-state index in [9.17, 15) is 9.18 Å². The maximum absolute atomic E-state index is 13.5. The third kappa shape index (κ3) is 4.26. The number of piperidine rings is 1. The second-order valence-corrected chi connectivity index (χ2v) is 6.93. The Morgan fingerprint density at radius 3 is 2.68 bits per heavy atom. The predicted octanol–water partition coefficient (Wildman–Crippen LogP) is 3.87. The summed E-state index contributed by atoms with van der Waals surface area (Å²) in [5, 5.41) is 3.39. The average Bonchev–Trinajstić information content (AvgIpc) is 2.64. The van der Waals surface area contributed by atoms with Gasteiger partial charge in [0.25, 0.3) is 5.91 Å². The average molecular weight is 340 g/mol. The van der Waals surface area contributed by atoms with Crippen molar-refractivity contribution < 1.29 is 9.18 Å². The Hall–Kier alpha value is -2.20. The molecule has 1 atom stereocenters.